The second-order valence-corrected chi connectivity index (χ2v) is 5.65. The summed E-state index contributed by atoms with van der Waals surface area (Å²) in [6, 6.07) is 8.64. The van der Waals surface area contributed by atoms with Crippen LogP contribution in [0.4, 0.5) is 0 Å². The molecule has 0 saturated heterocycles. The summed E-state index contributed by atoms with van der Waals surface area (Å²) in [5.41, 5.74) is 6.35. The minimum Gasteiger partial charge on any atom is -0.492 e. The Morgan fingerprint density at radius 3 is 2.86 bits per heavy atom. The number of rotatable bonds is 5. The Labute approximate surface area is 128 Å². The highest BCUT2D eigenvalue weighted by Gasteiger charge is 2.17. The number of nitrogens with zero attached hydrogens (tertiary/aromatic N) is 1. The summed E-state index contributed by atoms with van der Waals surface area (Å²) in [6.07, 6.45) is 6.81. The Morgan fingerprint density at radius 1 is 1.29 bits per heavy atom. The van der Waals surface area contributed by atoms with E-state index in [0.29, 0.717) is 6.54 Å². The lowest BCUT2D eigenvalue weighted by molar-refractivity contribution is 0.160. The number of benzene rings is 1. The summed E-state index contributed by atoms with van der Waals surface area (Å²) in [4.78, 5) is 2.44. The van der Waals surface area contributed by atoms with Crippen LogP contribution in [0.15, 0.2) is 24.3 Å². The molecule has 1 aromatic carbocycles. The Kier molecular flexibility index (Phi) is 6.59. The molecule has 0 unspecified atom stereocenters. The third-order valence-electron chi connectivity index (χ3n) is 4.08. The van der Waals surface area contributed by atoms with Crippen LogP contribution >= 0.6 is 0 Å². The van der Waals surface area contributed by atoms with Gasteiger partial charge in [0, 0.05) is 18.2 Å². The molecule has 2 N–H and O–H groups in total. The molecule has 1 saturated carbocycles. The molecule has 21 heavy (non-hydrogen) atoms. The molecule has 1 aromatic rings. The zero-order valence-electron chi connectivity index (χ0n) is 13.0. The first-order chi connectivity index (χ1) is 10.3. The highest BCUT2D eigenvalue weighted by Crippen LogP contribution is 2.21. The predicted molar refractivity (Wildman–Crippen MR) is 87.4 cm³/mol. The van der Waals surface area contributed by atoms with Crippen LogP contribution in [0.2, 0.25) is 0 Å². The molecule has 0 spiro atoms. The minimum absolute atomic E-state index is 0.386. The van der Waals surface area contributed by atoms with Crippen LogP contribution < -0.4 is 10.5 Å². The molecule has 0 aliphatic heterocycles. The van der Waals surface area contributed by atoms with Crippen molar-refractivity contribution in [3.8, 4) is 17.6 Å². The fraction of sp³-hybridized carbons (Fsp3) is 0.556. The Morgan fingerprint density at radius 2 is 2.10 bits per heavy atom. The molecular weight excluding hydrogens is 260 g/mol. The summed E-state index contributed by atoms with van der Waals surface area (Å²) in [7, 11) is 2.21. The predicted octanol–water partition coefficient (Wildman–Crippen LogP) is 2.64. The molecule has 1 fully saturated rings. The summed E-state index contributed by atoms with van der Waals surface area (Å²) in [5, 5.41) is 0. The van der Waals surface area contributed by atoms with Gasteiger partial charge in [0.1, 0.15) is 12.4 Å². The number of ether oxygens (including phenoxy) is 1. The lowest BCUT2D eigenvalue weighted by Crippen LogP contribution is -2.36. The van der Waals surface area contributed by atoms with Gasteiger partial charge in [-0.05, 0) is 38.1 Å². The van der Waals surface area contributed by atoms with Crippen LogP contribution in [0.5, 0.6) is 5.75 Å². The number of hydrogen-bond acceptors (Lipinski definition) is 3. The third-order valence-corrected chi connectivity index (χ3v) is 4.08. The van der Waals surface area contributed by atoms with Crippen LogP contribution in [0.25, 0.3) is 0 Å². The van der Waals surface area contributed by atoms with E-state index in [1.54, 1.807) is 0 Å². The van der Waals surface area contributed by atoms with E-state index in [1.165, 1.54) is 32.1 Å². The molecule has 0 heterocycles. The van der Waals surface area contributed by atoms with Gasteiger partial charge < -0.3 is 15.4 Å². The van der Waals surface area contributed by atoms with E-state index in [2.05, 4.69) is 23.8 Å². The zero-order chi connectivity index (χ0) is 14.9. The second-order valence-electron chi connectivity index (χ2n) is 5.65. The van der Waals surface area contributed by atoms with Crippen molar-refractivity contribution in [2.45, 2.75) is 38.1 Å². The topological polar surface area (TPSA) is 38.5 Å². The molecule has 114 valence electrons. The van der Waals surface area contributed by atoms with E-state index in [4.69, 9.17) is 10.5 Å². The first-order valence-corrected chi connectivity index (χ1v) is 7.91. The van der Waals surface area contributed by atoms with Gasteiger partial charge in [-0.3, -0.25) is 0 Å². The van der Waals surface area contributed by atoms with Gasteiger partial charge in [0.05, 0.1) is 6.54 Å². The standard InChI is InChI=1S/C18H26N2O/c1-20(17-9-3-2-4-10-17)13-14-21-18-11-5-7-16(15-18)8-6-12-19/h5,7,11,15,17H,2-4,9-10,12-14,19H2,1H3. The van der Waals surface area contributed by atoms with E-state index in [0.717, 1.165) is 30.5 Å². The second kappa shape index (κ2) is 8.71. The van der Waals surface area contributed by atoms with Crippen molar-refractivity contribution >= 4 is 0 Å². The van der Waals surface area contributed by atoms with E-state index in [-0.39, 0.29) is 0 Å². The highest BCUT2D eigenvalue weighted by molar-refractivity contribution is 5.39. The van der Waals surface area contributed by atoms with Gasteiger partial charge in [-0.1, -0.05) is 37.2 Å². The maximum absolute atomic E-state index is 5.85. The molecule has 0 amide bonds. The van der Waals surface area contributed by atoms with Gasteiger partial charge >= 0.3 is 0 Å². The summed E-state index contributed by atoms with van der Waals surface area (Å²) in [6.45, 7) is 2.08. The Balaban J connectivity index is 1.77. The zero-order valence-corrected chi connectivity index (χ0v) is 13.0. The molecule has 0 radical (unpaired) electrons. The smallest absolute Gasteiger partial charge is 0.120 e. The van der Waals surface area contributed by atoms with Gasteiger partial charge in [-0.25, -0.2) is 0 Å². The SMILES string of the molecule is CN(CCOc1cccc(C#CCN)c1)C1CCCCC1. The van der Waals surface area contributed by atoms with Gasteiger partial charge in [-0.2, -0.15) is 0 Å². The highest BCUT2D eigenvalue weighted by atomic mass is 16.5. The molecule has 0 bridgehead atoms. The normalized spacial score (nSPS) is 15.6. The minimum atomic E-state index is 0.386. The fourth-order valence-electron chi connectivity index (χ4n) is 2.83. The van der Waals surface area contributed by atoms with Gasteiger partial charge in [0.15, 0.2) is 0 Å². The monoisotopic (exact) mass is 286 g/mol. The third kappa shape index (κ3) is 5.41. The van der Waals surface area contributed by atoms with Crippen molar-refractivity contribution < 1.29 is 4.74 Å². The maximum Gasteiger partial charge on any atom is 0.120 e. The van der Waals surface area contributed by atoms with Gasteiger partial charge in [-0.15, -0.1) is 0 Å². The molecule has 0 atom stereocenters. The lowest BCUT2D eigenvalue weighted by atomic mass is 9.94. The molecule has 3 heteroatoms. The van der Waals surface area contributed by atoms with Crippen molar-refractivity contribution in [2.24, 2.45) is 5.73 Å². The van der Waals surface area contributed by atoms with Gasteiger partial charge in [0.2, 0.25) is 0 Å². The van der Waals surface area contributed by atoms with E-state index in [1.807, 2.05) is 24.3 Å². The van der Waals surface area contributed by atoms with E-state index < -0.39 is 0 Å². The van der Waals surface area contributed by atoms with Crippen LogP contribution in [0.1, 0.15) is 37.7 Å². The average Bonchev–Trinajstić information content (AvgIpc) is 2.54. The maximum atomic E-state index is 5.85. The molecular formula is C18H26N2O. The van der Waals surface area contributed by atoms with Crippen molar-refractivity contribution in [3.05, 3.63) is 29.8 Å². The first-order valence-electron chi connectivity index (χ1n) is 7.91. The number of hydrogen-bond donors (Lipinski definition) is 1. The summed E-state index contributed by atoms with van der Waals surface area (Å²) < 4.78 is 5.85. The first kappa shape index (κ1) is 15.9. The average molecular weight is 286 g/mol. The van der Waals surface area contributed by atoms with Gasteiger partial charge in [0.25, 0.3) is 0 Å². The summed E-state index contributed by atoms with van der Waals surface area (Å²) >= 11 is 0. The van der Waals surface area contributed by atoms with Crippen molar-refractivity contribution in [1.29, 1.82) is 0 Å². The molecule has 1 aliphatic rings. The van der Waals surface area contributed by atoms with Crippen molar-refractivity contribution in [1.82, 2.24) is 4.90 Å². The number of likely N-dealkylation sites (N-methyl/N-ethyl adjacent to an activating group) is 1. The Bertz CT molecular complexity index is 483. The molecule has 1 aliphatic carbocycles. The Hall–Kier alpha value is -1.50. The fourth-order valence-corrected chi connectivity index (χ4v) is 2.83. The largest absolute Gasteiger partial charge is 0.492 e. The van der Waals surface area contributed by atoms with E-state index in [9.17, 15) is 0 Å². The molecule has 3 nitrogen and oxygen atoms in total. The molecule has 2 rings (SSSR count). The van der Waals surface area contributed by atoms with Crippen LogP contribution in [0.3, 0.4) is 0 Å². The van der Waals surface area contributed by atoms with Crippen molar-refractivity contribution in [2.75, 3.05) is 26.7 Å². The van der Waals surface area contributed by atoms with Crippen LogP contribution in [-0.4, -0.2) is 37.7 Å². The van der Waals surface area contributed by atoms with E-state index >= 15 is 0 Å². The van der Waals surface area contributed by atoms with Crippen LogP contribution in [0, 0.1) is 11.8 Å². The number of nitrogens with two attached hydrogens (primary N) is 1. The van der Waals surface area contributed by atoms with Crippen molar-refractivity contribution in [3.63, 3.8) is 0 Å². The quantitative estimate of drug-likeness (QED) is 0.846. The lowest BCUT2D eigenvalue weighted by Gasteiger charge is -2.31. The molecule has 0 aromatic heterocycles. The van der Waals surface area contributed by atoms with Crippen LogP contribution in [-0.2, 0) is 0 Å². The summed E-state index contributed by atoms with van der Waals surface area (Å²) in [5.74, 6) is 6.78.